The van der Waals surface area contributed by atoms with Crippen LogP contribution in [0.15, 0.2) is 140 Å². The van der Waals surface area contributed by atoms with Gasteiger partial charge in [-0.3, -0.25) is 18.5 Å². The number of carbonyl (C=O) groups is 1. The summed E-state index contributed by atoms with van der Waals surface area (Å²) < 4.78 is 145. The quantitative estimate of drug-likeness (QED) is 0.132. The number of hydrogen-bond donors (Lipinski definition) is 1. The van der Waals surface area contributed by atoms with E-state index in [2.05, 4.69) is 24.6 Å². The van der Waals surface area contributed by atoms with Crippen molar-refractivity contribution in [3.63, 3.8) is 0 Å². The number of benzene rings is 5. The van der Waals surface area contributed by atoms with Crippen molar-refractivity contribution in [1.82, 2.24) is 28.7 Å². The van der Waals surface area contributed by atoms with Crippen molar-refractivity contribution in [2.24, 2.45) is 5.73 Å². The Morgan fingerprint density at radius 1 is 0.493 bits per heavy atom. The summed E-state index contributed by atoms with van der Waals surface area (Å²) >= 11 is 5.65. The summed E-state index contributed by atoms with van der Waals surface area (Å²) in [5.41, 5.74) is 4.82. The second-order valence-corrected chi connectivity index (χ2v) is 13.9. The topological polar surface area (TPSA) is 105 Å². The highest BCUT2D eigenvalue weighted by molar-refractivity contribution is 6.28. The Labute approximate surface area is 376 Å². The molecule has 0 radical (unpaired) electrons. The van der Waals surface area contributed by atoms with Gasteiger partial charge in [-0.1, -0.05) is 24.3 Å². The Bertz CT molecular complexity index is 3090. The maximum atomic E-state index is 13.1. The third kappa shape index (κ3) is 11.7. The van der Waals surface area contributed by atoms with Gasteiger partial charge in [-0.25, -0.2) is 33.4 Å². The van der Waals surface area contributed by atoms with Crippen LogP contribution < -0.4 is 5.73 Å². The van der Waals surface area contributed by atoms with Crippen LogP contribution in [-0.4, -0.2) is 34.6 Å². The van der Waals surface area contributed by atoms with Gasteiger partial charge in [-0.2, -0.15) is 39.5 Å². The predicted molar refractivity (Wildman–Crippen MR) is 223 cm³/mol. The molecule has 0 aliphatic carbocycles. The number of nitrogens with zero attached hydrogens (tertiary/aromatic N) is 8. The van der Waals surface area contributed by atoms with Gasteiger partial charge in [0, 0.05) is 52.3 Å². The number of carbonyl (C=O) groups excluding carboxylic acids is 1. The highest BCUT2D eigenvalue weighted by Crippen LogP contribution is 2.35. The summed E-state index contributed by atoms with van der Waals surface area (Å²) in [6.07, 6.45) is -11.2. The lowest BCUT2D eigenvalue weighted by Crippen LogP contribution is -2.10. The van der Waals surface area contributed by atoms with Gasteiger partial charge < -0.3 is 5.73 Å². The number of rotatable bonds is 6. The molecule has 8 rings (SSSR count). The van der Waals surface area contributed by atoms with Crippen LogP contribution in [0.3, 0.4) is 0 Å². The molecular formula is C45H25ClF11N9O. The molecule has 8 aromatic rings. The van der Waals surface area contributed by atoms with Gasteiger partial charge in [-0.15, -0.1) is 0 Å². The van der Waals surface area contributed by atoms with E-state index >= 15 is 0 Å². The number of halogens is 12. The largest absolute Gasteiger partial charge is 0.434 e. The normalized spacial score (nSPS) is 11.4. The molecule has 10 nitrogen and oxygen atoms in total. The number of nitrogens with two attached hydrogens (primary N) is 1. The molecule has 5 aromatic carbocycles. The van der Waals surface area contributed by atoms with E-state index in [1.807, 2.05) is 0 Å². The smallest absolute Gasteiger partial charge is 0.366 e. The maximum Gasteiger partial charge on any atom is 0.434 e. The third-order valence-electron chi connectivity index (χ3n) is 9.09. The molecule has 0 atom stereocenters. The molecule has 3 heterocycles. The summed E-state index contributed by atoms with van der Waals surface area (Å²) in [6.45, 7) is 13.7. The number of amides is 1. The van der Waals surface area contributed by atoms with E-state index in [0.717, 1.165) is 47.4 Å². The van der Waals surface area contributed by atoms with E-state index in [9.17, 15) is 53.1 Å². The minimum absolute atomic E-state index is 0.000787. The first-order chi connectivity index (χ1) is 31.5. The number of hydrogen-bond acceptors (Lipinski definition) is 4. The van der Waals surface area contributed by atoms with E-state index in [1.165, 1.54) is 106 Å². The minimum Gasteiger partial charge on any atom is -0.366 e. The summed E-state index contributed by atoms with van der Waals surface area (Å²) in [4.78, 5) is 28.1. The van der Waals surface area contributed by atoms with Gasteiger partial charge in [0.1, 0.15) is 23.3 Å². The average Bonchev–Trinajstić information content (AvgIpc) is 4.06. The zero-order valence-corrected chi connectivity index (χ0v) is 34.1. The fraction of sp³-hybridized carbons (Fsp3) is 0.0667. The SMILES string of the molecule is NC(=O)c1ccc(-n2cc(C(F)(F)F)nc2-c2ccc(F)cc2)cc1.[C-]#[N+]c1ccc(-n2cc(C(F)(F)F)nc2-c2ccc(F)cc2)cc1.[C-]#[N+]c1ccc(-n2cc(C(F)(F)F)nc2Cl)cc1. The van der Waals surface area contributed by atoms with Crippen molar-refractivity contribution in [3.8, 4) is 39.8 Å². The minimum atomic E-state index is -4.63. The van der Waals surface area contributed by atoms with Gasteiger partial charge in [-0.05, 0) is 109 Å². The number of primary amides is 1. The van der Waals surface area contributed by atoms with Crippen LogP contribution in [0.4, 0.5) is 59.7 Å². The monoisotopic (exact) mass is 951 g/mol. The highest BCUT2D eigenvalue weighted by Gasteiger charge is 2.37. The first kappa shape index (κ1) is 48.2. The zero-order chi connectivity index (χ0) is 48.8. The van der Waals surface area contributed by atoms with Crippen molar-refractivity contribution < 1.29 is 53.1 Å². The summed E-state index contributed by atoms with van der Waals surface area (Å²) in [6, 6.07) is 27.8. The fourth-order valence-electron chi connectivity index (χ4n) is 5.87. The van der Waals surface area contributed by atoms with Crippen molar-refractivity contribution in [1.29, 1.82) is 0 Å². The molecule has 3 aromatic heterocycles. The maximum absolute atomic E-state index is 13.1. The molecule has 1 amide bonds. The number of alkyl halides is 9. The fourth-order valence-corrected chi connectivity index (χ4v) is 6.11. The predicted octanol–water partition coefficient (Wildman–Crippen LogP) is 13.1. The Balaban J connectivity index is 0.000000168. The molecular weight excluding hydrogens is 927 g/mol. The highest BCUT2D eigenvalue weighted by atomic mass is 35.5. The molecule has 0 unspecified atom stereocenters. The van der Waals surface area contributed by atoms with Crippen LogP contribution in [0.2, 0.25) is 5.28 Å². The van der Waals surface area contributed by atoms with Crippen LogP contribution in [0.1, 0.15) is 27.4 Å². The van der Waals surface area contributed by atoms with Crippen molar-refractivity contribution >= 4 is 28.9 Å². The molecule has 2 N–H and O–H groups in total. The lowest BCUT2D eigenvalue weighted by atomic mass is 10.1. The first-order valence-corrected chi connectivity index (χ1v) is 19.0. The number of imidazole rings is 3. The van der Waals surface area contributed by atoms with Crippen LogP contribution in [-0.2, 0) is 18.5 Å². The van der Waals surface area contributed by atoms with Gasteiger partial charge in [0.2, 0.25) is 11.2 Å². The Morgan fingerprint density at radius 3 is 1.12 bits per heavy atom. The zero-order valence-electron chi connectivity index (χ0n) is 33.4. The molecule has 0 saturated carbocycles. The second-order valence-electron chi connectivity index (χ2n) is 13.6. The molecule has 0 bridgehead atoms. The third-order valence-corrected chi connectivity index (χ3v) is 9.36. The van der Waals surface area contributed by atoms with Crippen molar-refractivity contribution in [2.45, 2.75) is 18.5 Å². The Morgan fingerprint density at radius 2 is 0.806 bits per heavy atom. The lowest BCUT2D eigenvalue weighted by Gasteiger charge is -2.08. The Kier molecular flexibility index (Phi) is 14.0. The van der Waals surface area contributed by atoms with Crippen molar-refractivity contribution in [2.75, 3.05) is 0 Å². The molecule has 0 fully saturated rings. The molecule has 340 valence electrons. The average molecular weight is 952 g/mol. The van der Waals surface area contributed by atoms with E-state index in [1.54, 1.807) is 0 Å². The standard InChI is InChI=1S/C17H11F4N3O.C17H9F4N3.C11H5ClF3N3/c18-12-5-1-11(2-6-12)16-23-14(17(19,20)21)9-24(16)13-7-3-10(4-8-13)15(22)25;1-22-13-6-8-14(9-7-13)24-10-15(17(19,20)21)23-16(24)11-2-4-12(18)5-3-11;1-16-7-2-4-8(5-3-7)18-6-9(11(13,14)15)17-10(18)12/h1-9H,(H2,22,25);2-10H;2-6H. The summed E-state index contributed by atoms with van der Waals surface area (Å²) in [7, 11) is 0. The summed E-state index contributed by atoms with van der Waals surface area (Å²) in [5, 5.41) is -0.280. The first-order valence-electron chi connectivity index (χ1n) is 18.6. The van der Waals surface area contributed by atoms with Gasteiger partial charge in [0.15, 0.2) is 28.5 Å². The molecule has 0 aliphatic rings. The molecule has 0 aliphatic heterocycles. The van der Waals surface area contributed by atoms with E-state index in [-0.39, 0.29) is 22.5 Å². The lowest BCUT2D eigenvalue weighted by molar-refractivity contribution is -0.141. The molecule has 0 spiro atoms. The summed E-state index contributed by atoms with van der Waals surface area (Å²) in [5.74, 6) is -1.61. The van der Waals surface area contributed by atoms with E-state index < -0.39 is 53.2 Å². The number of aromatic nitrogens is 6. The van der Waals surface area contributed by atoms with Crippen LogP contribution in [0.25, 0.3) is 49.5 Å². The molecule has 0 saturated heterocycles. The van der Waals surface area contributed by atoms with Crippen LogP contribution in [0.5, 0.6) is 0 Å². The van der Waals surface area contributed by atoms with E-state index in [0.29, 0.717) is 39.6 Å². The molecule has 67 heavy (non-hydrogen) atoms. The van der Waals surface area contributed by atoms with Crippen molar-refractivity contribution in [3.05, 3.63) is 202 Å². The van der Waals surface area contributed by atoms with Crippen LogP contribution in [0, 0.1) is 24.8 Å². The van der Waals surface area contributed by atoms with E-state index in [4.69, 9.17) is 30.5 Å². The molecule has 22 heteroatoms. The van der Waals surface area contributed by atoms with Gasteiger partial charge in [0.05, 0.1) is 13.1 Å². The van der Waals surface area contributed by atoms with Crippen LogP contribution >= 0.6 is 11.6 Å². The Hall–Kier alpha value is -8.30. The van der Waals surface area contributed by atoms with Gasteiger partial charge >= 0.3 is 18.5 Å². The second kappa shape index (κ2) is 19.4. The van der Waals surface area contributed by atoms with Gasteiger partial charge in [0.25, 0.3) is 0 Å².